The van der Waals surface area contributed by atoms with E-state index in [1.54, 1.807) is 0 Å². The van der Waals surface area contributed by atoms with Gasteiger partial charge in [-0.1, -0.05) is 54.1 Å². The van der Waals surface area contributed by atoms with Crippen LogP contribution >= 0.6 is 0 Å². The van der Waals surface area contributed by atoms with Crippen molar-refractivity contribution < 1.29 is 9.90 Å². The van der Waals surface area contributed by atoms with Crippen LogP contribution in [0.3, 0.4) is 0 Å². The highest BCUT2D eigenvalue weighted by Gasteiger charge is 2.21. The Labute approximate surface area is 163 Å². The number of hydrogen-bond donors (Lipinski definition) is 2. The van der Waals surface area contributed by atoms with E-state index >= 15 is 0 Å². The van der Waals surface area contributed by atoms with Gasteiger partial charge < -0.3 is 10.8 Å². The fraction of sp³-hybridized carbons (Fsp3) is 0.167. The number of nitrogens with two attached hydrogens (primary N) is 1. The van der Waals surface area contributed by atoms with E-state index in [9.17, 15) is 9.90 Å². The zero-order valence-corrected chi connectivity index (χ0v) is 16.2. The second-order valence-corrected chi connectivity index (χ2v) is 7.31. The topological polar surface area (TPSA) is 76.2 Å². The molecular weight excluding hydrogens is 348 g/mol. The number of fused-ring (bicyclic) bond motifs is 3. The summed E-state index contributed by atoms with van der Waals surface area (Å²) in [5.74, 6) is -0.390. The molecule has 4 nitrogen and oxygen atoms in total. The maximum atomic E-state index is 11.6. The molecule has 1 aromatic heterocycles. The normalized spacial score (nSPS) is 11.2. The highest BCUT2D eigenvalue weighted by Crippen LogP contribution is 2.40. The standard InChI is InChI=1S/C24H22N2O2/c1-13-8-10-16(11-9-13)21-15(3)22-17-6-4-5-7-18(17)24(25)26-23(22)14(2)19(21)12-20(27)28/h4-11H,12H2,1-3H3,(H2,25,26)(H,27,28). The van der Waals surface area contributed by atoms with E-state index in [2.05, 4.69) is 35.3 Å². The minimum absolute atomic E-state index is 0.0553. The first-order valence-corrected chi connectivity index (χ1v) is 9.27. The van der Waals surface area contributed by atoms with Gasteiger partial charge in [0.25, 0.3) is 0 Å². The van der Waals surface area contributed by atoms with Crippen molar-refractivity contribution in [3.8, 4) is 11.1 Å². The molecule has 0 aliphatic carbocycles. The molecule has 0 unspecified atom stereocenters. The molecule has 0 saturated heterocycles. The Balaban J connectivity index is 2.21. The SMILES string of the molecule is Cc1ccc(-c2c(CC(=O)O)c(C)c3nc(N)c4ccccc4c3c2C)cc1. The van der Waals surface area contributed by atoms with E-state index in [4.69, 9.17) is 5.73 Å². The summed E-state index contributed by atoms with van der Waals surface area (Å²) >= 11 is 0. The Morgan fingerprint density at radius 2 is 1.61 bits per heavy atom. The van der Waals surface area contributed by atoms with Gasteiger partial charge in [-0.2, -0.15) is 0 Å². The van der Waals surface area contributed by atoms with E-state index in [1.807, 2.05) is 39.0 Å². The van der Waals surface area contributed by atoms with Crippen molar-refractivity contribution in [3.63, 3.8) is 0 Å². The summed E-state index contributed by atoms with van der Waals surface area (Å²) in [4.78, 5) is 16.3. The van der Waals surface area contributed by atoms with Crippen LogP contribution in [0.2, 0.25) is 0 Å². The van der Waals surface area contributed by atoms with Crippen molar-refractivity contribution in [2.24, 2.45) is 0 Å². The van der Waals surface area contributed by atoms with Crippen molar-refractivity contribution in [1.82, 2.24) is 4.98 Å². The van der Waals surface area contributed by atoms with Gasteiger partial charge in [-0.3, -0.25) is 4.79 Å². The largest absolute Gasteiger partial charge is 0.481 e. The first kappa shape index (κ1) is 18.0. The summed E-state index contributed by atoms with van der Waals surface area (Å²) < 4.78 is 0. The first-order chi connectivity index (χ1) is 13.4. The van der Waals surface area contributed by atoms with E-state index in [0.717, 1.165) is 49.5 Å². The number of aryl methyl sites for hydroxylation is 3. The third-order valence-corrected chi connectivity index (χ3v) is 5.47. The summed E-state index contributed by atoms with van der Waals surface area (Å²) in [6.45, 7) is 6.03. The molecule has 0 fully saturated rings. The molecule has 4 heteroatoms. The number of nitrogens with zero attached hydrogens (tertiary/aromatic N) is 1. The molecule has 140 valence electrons. The molecule has 0 saturated carbocycles. The molecule has 0 aliphatic rings. The Morgan fingerprint density at radius 1 is 0.964 bits per heavy atom. The van der Waals surface area contributed by atoms with Crippen molar-refractivity contribution in [3.05, 3.63) is 70.8 Å². The molecule has 0 atom stereocenters. The van der Waals surface area contributed by atoms with Crippen molar-refractivity contribution in [2.45, 2.75) is 27.2 Å². The third kappa shape index (κ3) is 2.78. The Kier molecular flexibility index (Phi) is 4.27. The summed E-state index contributed by atoms with van der Waals surface area (Å²) in [5, 5.41) is 12.5. The van der Waals surface area contributed by atoms with Crippen LogP contribution in [0.1, 0.15) is 22.3 Å². The van der Waals surface area contributed by atoms with Crippen LogP contribution in [0.5, 0.6) is 0 Å². The zero-order chi connectivity index (χ0) is 20.0. The maximum absolute atomic E-state index is 11.6. The summed E-state index contributed by atoms with van der Waals surface area (Å²) in [5.41, 5.74) is 12.9. The number of anilines is 1. The lowest BCUT2D eigenvalue weighted by molar-refractivity contribution is -0.136. The number of hydrogen-bond acceptors (Lipinski definition) is 3. The lowest BCUT2D eigenvalue weighted by atomic mass is 9.85. The van der Waals surface area contributed by atoms with Gasteiger partial charge in [0, 0.05) is 10.8 Å². The van der Waals surface area contributed by atoms with Gasteiger partial charge in [-0.05, 0) is 54.0 Å². The van der Waals surface area contributed by atoms with Crippen molar-refractivity contribution in [1.29, 1.82) is 0 Å². The van der Waals surface area contributed by atoms with Gasteiger partial charge in [0.05, 0.1) is 11.9 Å². The molecule has 3 N–H and O–H groups in total. The van der Waals surface area contributed by atoms with Gasteiger partial charge in [0.2, 0.25) is 0 Å². The van der Waals surface area contributed by atoms with Crippen LogP contribution in [-0.2, 0) is 11.2 Å². The van der Waals surface area contributed by atoms with Crippen LogP contribution in [0.25, 0.3) is 32.8 Å². The summed E-state index contributed by atoms with van der Waals surface area (Å²) in [7, 11) is 0. The minimum atomic E-state index is -0.857. The highest BCUT2D eigenvalue weighted by atomic mass is 16.4. The second-order valence-electron chi connectivity index (χ2n) is 7.31. The molecule has 4 aromatic rings. The molecule has 3 aromatic carbocycles. The average Bonchev–Trinajstić information content (AvgIpc) is 2.67. The molecular formula is C24H22N2O2. The average molecular weight is 370 g/mol. The fourth-order valence-electron chi connectivity index (χ4n) is 4.10. The number of pyridine rings is 1. The van der Waals surface area contributed by atoms with E-state index < -0.39 is 5.97 Å². The first-order valence-electron chi connectivity index (χ1n) is 9.27. The molecule has 0 aliphatic heterocycles. The van der Waals surface area contributed by atoms with E-state index in [0.29, 0.717) is 5.82 Å². The maximum Gasteiger partial charge on any atom is 0.307 e. The van der Waals surface area contributed by atoms with Crippen LogP contribution in [0, 0.1) is 20.8 Å². The Morgan fingerprint density at radius 3 is 2.25 bits per heavy atom. The van der Waals surface area contributed by atoms with Crippen LogP contribution in [-0.4, -0.2) is 16.1 Å². The number of carboxylic acid groups (broad SMARTS) is 1. The third-order valence-electron chi connectivity index (χ3n) is 5.47. The fourth-order valence-corrected chi connectivity index (χ4v) is 4.10. The molecule has 1 heterocycles. The number of aliphatic carboxylic acids is 1. The lowest BCUT2D eigenvalue weighted by Gasteiger charge is -2.20. The van der Waals surface area contributed by atoms with Crippen molar-refractivity contribution in [2.75, 3.05) is 5.73 Å². The monoisotopic (exact) mass is 370 g/mol. The van der Waals surface area contributed by atoms with Crippen LogP contribution in [0.4, 0.5) is 5.82 Å². The quantitative estimate of drug-likeness (QED) is 0.487. The number of nitrogen functional groups attached to an aromatic ring is 1. The summed E-state index contributed by atoms with van der Waals surface area (Å²) in [6, 6.07) is 16.2. The number of carbonyl (C=O) groups is 1. The van der Waals surface area contributed by atoms with Gasteiger partial charge in [-0.15, -0.1) is 0 Å². The van der Waals surface area contributed by atoms with Crippen molar-refractivity contribution >= 4 is 33.5 Å². The van der Waals surface area contributed by atoms with Gasteiger partial charge >= 0.3 is 5.97 Å². The van der Waals surface area contributed by atoms with E-state index in [-0.39, 0.29) is 6.42 Å². The molecule has 4 rings (SSSR count). The van der Waals surface area contributed by atoms with Gasteiger partial charge in [0.1, 0.15) is 5.82 Å². The Hall–Kier alpha value is -3.40. The molecule has 0 spiro atoms. The highest BCUT2D eigenvalue weighted by molar-refractivity contribution is 6.14. The Bertz CT molecular complexity index is 1240. The lowest BCUT2D eigenvalue weighted by Crippen LogP contribution is -2.08. The molecule has 28 heavy (non-hydrogen) atoms. The number of aromatic nitrogens is 1. The van der Waals surface area contributed by atoms with E-state index in [1.165, 1.54) is 5.56 Å². The number of carboxylic acids is 1. The predicted molar refractivity (Wildman–Crippen MR) is 115 cm³/mol. The minimum Gasteiger partial charge on any atom is -0.481 e. The number of rotatable bonds is 3. The van der Waals surface area contributed by atoms with Gasteiger partial charge in [0.15, 0.2) is 0 Å². The predicted octanol–water partition coefficient (Wildman–Crippen LogP) is 5.19. The molecule has 0 bridgehead atoms. The van der Waals surface area contributed by atoms with Crippen LogP contribution in [0.15, 0.2) is 48.5 Å². The van der Waals surface area contributed by atoms with Gasteiger partial charge in [-0.25, -0.2) is 4.98 Å². The smallest absolute Gasteiger partial charge is 0.307 e. The summed E-state index contributed by atoms with van der Waals surface area (Å²) in [6.07, 6.45) is -0.0553. The second kappa shape index (κ2) is 6.64. The number of benzene rings is 3. The molecule has 0 radical (unpaired) electrons. The molecule has 0 amide bonds. The van der Waals surface area contributed by atoms with Crippen LogP contribution < -0.4 is 5.73 Å². The zero-order valence-electron chi connectivity index (χ0n) is 16.2.